The highest BCUT2D eigenvalue weighted by Gasteiger charge is 2.31. The van der Waals surface area contributed by atoms with Crippen LogP contribution in [0.25, 0.3) is 10.9 Å². The van der Waals surface area contributed by atoms with Crippen LogP contribution in [0.2, 0.25) is 0 Å². The van der Waals surface area contributed by atoms with Gasteiger partial charge in [0.15, 0.2) is 0 Å². The van der Waals surface area contributed by atoms with Crippen LogP contribution in [0.15, 0.2) is 60.7 Å². The number of likely N-dealkylation sites (tertiary alicyclic amines) is 1. The van der Waals surface area contributed by atoms with E-state index in [2.05, 4.69) is 22.4 Å². The van der Waals surface area contributed by atoms with Gasteiger partial charge < -0.3 is 15.3 Å². The lowest BCUT2D eigenvalue weighted by atomic mass is 10.1. The molecule has 0 aliphatic carbocycles. The molecule has 1 aliphatic heterocycles. The molecule has 0 bridgehead atoms. The number of carbonyl (C=O) groups excluding carboxylic acids is 1. The van der Waals surface area contributed by atoms with E-state index in [1.54, 1.807) is 0 Å². The molecule has 144 valence electrons. The minimum atomic E-state index is -0.282. The van der Waals surface area contributed by atoms with Gasteiger partial charge in [-0.15, -0.1) is 0 Å². The standard InChI is InChI=1S/C23H25N3O2/c27-16-19-15-18-10-4-5-11-20(18)24-22(19)25-21-12-14-26(23(21)28)13-6-9-17-7-2-1-3-8-17/h1-5,7-8,10-11,15,21,27H,6,9,12-14,16H2,(H,24,25). The maximum absolute atomic E-state index is 12.8. The van der Waals surface area contributed by atoms with Crippen molar-refractivity contribution in [1.82, 2.24) is 9.88 Å². The van der Waals surface area contributed by atoms with Crippen molar-refractivity contribution < 1.29 is 9.90 Å². The minimum absolute atomic E-state index is 0.109. The third-order valence-corrected chi connectivity index (χ3v) is 5.32. The first kappa shape index (κ1) is 18.4. The van der Waals surface area contributed by atoms with Gasteiger partial charge in [0.2, 0.25) is 5.91 Å². The summed E-state index contributed by atoms with van der Waals surface area (Å²) in [7, 11) is 0. The van der Waals surface area contributed by atoms with E-state index in [1.165, 1.54) is 5.56 Å². The van der Waals surface area contributed by atoms with Crippen molar-refractivity contribution in [3.05, 3.63) is 71.8 Å². The number of hydrogen-bond donors (Lipinski definition) is 2. The molecule has 0 spiro atoms. The lowest BCUT2D eigenvalue weighted by Crippen LogP contribution is -2.34. The summed E-state index contributed by atoms with van der Waals surface area (Å²) in [6.45, 7) is 1.42. The van der Waals surface area contributed by atoms with E-state index < -0.39 is 0 Å². The highest BCUT2D eigenvalue weighted by molar-refractivity contribution is 5.88. The summed E-state index contributed by atoms with van der Waals surface area (Å²) < 4.78 is 0. The van der Waals surface area contributed by atoms with Crippen LogP contribution in [0.5, 0.6) is 0 Å². The Hall–Kier alpha value is -2.92. The van der Waals surface area contributed by atoms with Crippen LogP contribution in [0.4, 0.5) is 5.82 Å². The number of benzene rings is 2. The SMILES string of the molecule is O=C1C(Nc2nc3ccccc3cc2CO)CCN1CCCc1ccccc1. The average molecular weight is 375 g/mol. The number of aromatic nitrogens is 1. The number of para-hydroxylation sites is 1. The van der Waals surface area contributed by atoms with E-state index in [-0.39, 0.29) is 18.6 Å². The normalized spacial score (nSPS) is 16.7. The molecule has 1 saturated heterocycles. The third kappa shape index (κ3) is 3.99. The molecule has 2 aromatic carbocycles. The molecule has 1 aliphatic rings. The Morgan fingerprint density at radius 2 is 1.89 bits per heavy atom. The molecule has 2 N–H and O–H groups in total. The van der Waals surface area contributed by atoms with Gasteiger partial charge in [0.1, 0.15) is 11.9 Å². The summed E-state index contributed by atoms with van der Waals surface area (Å²) in [6, 6.07) is 19.8. The zero-order valence-electron chi connectivity index (χ0n) is 15.8. The van der Waals surface area contributed by atoms with E-state index in [0.29, 0.717) is 11.4 Å². The van der Waals surface area contributed by atoms with Gasteiger partial charge in [-0.2, -0.15) is 0 Å². The van der Waals surface area contributed by atoms with Gasteiger partial charge in [-0.3, -0.25) is 4.79 Å². The molecule has 5 nitrogen and oxygen atoms in total. The maximum atomic E-state index is 12.8. The zero-order valence-corrected chi connectivity index (χ0v) is 15.8. The monoisotopic (exact) mass is 375 g/mol. The zero-order chi connectivity index (χ0) is 19.3. The molecule has 4 rings (SSSR count). The molecule has 1 atom stereocenters. The van der Waals surface area contributed by atoms with Crippen molar-refractivity contribution in [2.75, 3.05) is 18.4 Å². The molecule has 1 amide bonds. The lowest BCUT2D eigenvalue weighted by Gasteiger charge is -2.18. The number of nitrogens with one attached hydrogen (secondary N) is 1. The summed E-state index contributed by atoms with van der Waals surface area (Å²) in [4.78, 5) is 19.3. The van der Waals surface area contributed by atoms with Crippen LogP contribution >= 0.6 is 0 Å². The number of rotatable bonds is 7. The van der Waals surface area contributed by atoms with Gasteiger partial charge in [-0.25, -0.2) is 4.98 Å². The number of aliphatic hydroxyl groups is 1. The van der Waals surface area contributed by atoms with Crippen molar-refractivity contribution in [2.24, 2.45) is 0 Å². The Bertz CT molecular complexity index is 958. The van der Waals surface area contributed by atoms with E-state index in [0.717, 1.165) is 43.3 Å². The second kappa shape index (κ2) is 8.40. The number of fused-ring (bicyclic) bond motifs is 1. The Morgan fingerprint density at radius 1 is 1.11 bits per heavy atom. The Balaban J connectivity index is 1.39. The second-order valence-electron chi connectivity index (χ2n) is 7.25. The number of amides is 1. The van der Waals surface area contributed by atoms with Gasteiger partial charge in [0.25, 0.3) is 0 Å². The summed E-state index contributed by atoms with van der Waals surface area (Å²) in [6.07, 6.45) is 2.69. The molecule has 2 heterocycles. The number of carbonyl (C=O) groups is 1. The number of hydrogen-bond acceptors (Lipinski definition) is 4. The van der Waals surface area contributed by atoms with Crippen molar-refractivity contribution in [3.8, 4) is 0 Å². The second-order valence-corrected chi connectivity index (χ2v) is 7.25. The topological polar surface area (TPSA) is 65.5 Å². The molecule has 0 radical (unpaired) electrons. The average Bonchev–Trinajstić information content (AvgIpc) is 3.08. The van der Waals surface area contributed by atoms with Gasteiger partial charge in [0.05, 0.1) is 12.1 Å². The van der Waals surface area contributed by atoms with Crippen LogP contribution in [0.1, 0.15) is 24.0 Å². The highest BCUT2D eigenvalue weighted by Crippen LogP contribution is 2.23. The van der Waals surface area contributed by atoms with E-state index in [4.69, 9.17) is 0 Å². The van der Waals surface area contributed by atoms with Crippen LogP contribution in [0, 0.1) is 0 Å². The molecular formula is C23H25N3O2. The van der Waals surface area contributed by atoms with Gasteiger partial charge in [-0.1, -0.05) is 48.5 Å². The fourth-order valence-electron chi connectivity index (χ4n) is 3.78. The van der Waals surface area contributed by atoms with Crippen LogP contribution in [-0.4, -0.2) is 40.0 Å². The molecule has 28 heavy (non-hydrogen) atoms. The highest BCUT2D eigenvalue weighted by atomic mass is 16.3. The molecule has 1 aromatic heterocycles. The first-order valence-electron chi connectivity index (χ1n) is 9.83. The van der Waals surface area contributed by atoms with Gasteiger partial charge in [-0.05, 0) is 37.0 Å². The largest absolute Gasteiger partial charge is 0.392 e. The van der Waals surface area contributed by atoms with Crippen molar-refractivity contribution in [3.63, 3.8) is 0 Å². The lowest BCUT2D eigenvalue weighted by molar-refractivity contribution is -0.128. The smallest absolute Gasteiger partial charge is 0.245 e. The van der Waals surface area contributed by atoms with Crippen LogP contribution in [0.3, 0.4) is 0 Å². The quantitative estimate of drug-likeness (QED) is 0.664. The third-order valence-electron chi connectivity index (χ3n) is 5.32. The van der Waals surface area contributed by atoms with Crippen molar-refractivity contribution >= 4 is 22.6 Å². The molecule has 0 saturated carbocycles. The summed E-state index contributed by atoms with van der Waals surface area (Å²) in [5.74, 6) is 0.720. The Labute approximate surface area is 165 Å². The Kier molecular flexibility index (Phi) is 5.53. The van der Waals surface area contributed by atoms with Crippen molar-refractivity contribution in [2.45, 2.75) is 31.9 Å². The summed E-state index contributed by atoms with van der Waals surface area (Å²) >= 11 is 0. The first-order valence-corrected chi connectivity index (χ1v) is 9.83. The predicted molar refractivity (Wildman–Crippen MR) is 111 cm³/mol. The minimum Gasteiger partial charge on any atom is -0.392 e. The number of pyridine rings is 1. The fraction of sp³-hybridized carbons (Fsp3) is 0.304. The summed E-state index contributed by atoms with van der Waals surface area (Å²) in [5.41, 5.74) is 2.87. The van der Waals surface area contributed by atoms with Crippen molar-refractivity contribution in [1.29, 1.82) is 0 Å². The van der Waals surface area contributed by atoms with Gasteiger partial charge >= 0.3 is 0 Å². The summed E-state index contributed by atoms with van der Waals surface area (Å²) in [5, 5.41) is 14.0. The Morgan fingerprint density at radius 3 is 2.71 bits per heavy atom. The predicted octanol–water partition coefficient (Wildman–Crippen LogP) is 3.37. The van der Waals surface area contributed by atoms with E-state index in [9.17, 15) is 9.90 Å². The number of nitrogens with zero attached hydrogens (tertiary/aromatic N) is 2. The fourth-order valence-corrected chi connectivity index (χ4v) is 3.78. The molecule has 1 unspecified atom stereocenters. The van der Waals surface area contributed by atoms with Gasteiger partial charge in [0, 0.05) is 24.0 Å². The molecule has 3 aromatic rings. The number of anilines is 1. The first-order chi connectivity index (χ1) is 13.7. The molecule has 5 heteroatoms. The van der Waals surface area contributed by atoms with Crippen LogP contribution in [-0.2, 0) is 17.8 Å². The van der Waals surface area contributed by atoms with E-state index >= 15 is 0 Å². The maximum Gasteiger partial charge on any atom is 0.245 e. The van der Waals surface area contributed by atoms with Crippen LogP contribution < -0.4 is 5.32 Å². The number of aliphatic hydroxyl groups excluding tert-OH is 1. The molecular weight excluding hydrogens is 350 g/mol. The number of aryl methyl sites for hydroxylation is 1. The van der Waals surface area contributed by atoms with E-state index in [1.807, 2.05) is 53.4 Å². The molecule has 1 fully saturated rings.